The molecule has 0 spiro atoms. The van der Waals surface area contributed by atoms with Gasteiger partial charge >= 0.3 is 0 Å². The normalized spacial score (nSPS) is 10.5. The SMILES string of the molecule is O=C(CCn1ccnc1)c1ccc(-c2ccccc2)cc1. The Morgan fingerprint density at radius 2 is 1.67 bits per heavy atom. The largest absolute Gasteiger partial charge is 0.337 e. The molecule has 1 heterocycles. The number of aromatic nitrogens is 2. The number of imidazole rings is 1. The zero-order valence-electron chi connectivity index (χ0n) is 11.6. The van der Waals surface area contributed by atoms with E-state index in [1.165, 1.54) is 0 Å². The molecule has 3 rings (SSSR count). The summed E-state index contributed by atoms with van der Waals surface area (Å²) in [5.41, 5.74) is 3.05. The lowest BCUT2D eigenvalue weighted by atomic mass is 10.0. The fourth-order valence-electron chi connectivity index (χ4n) is 2.27. The smallest absolute Gasteiger partial charge is 0.164 e. The Bertz CT molecular complexity index is 701. The van der Waals surface area contributed by atoms with Crippen molar-refractivity contribution < 1.29 is 4.79 Å². The number of hydrogen-bond acceptors (Lipinski definition) is 2. The van der Waals surface area contributed by atoms with Gasteiger partial charge in [-0.1, -0.05) is 54.6 Å². The highest BCUT2D eigenvalue weighted by atomic mass is 16.1. The van der Waals surface area contributed by atoms with Crippen LogP contribution in [0.25, 0.3) is 11.1 Å². The van der Waals surface area contributed by atoms with Crippen molar-refractivity contribution in [1.29, 1.82) is 0 Å². The molecule has 21 heavy (non-hydrogen) atoms. The second-order valence-corrected chi connectivity index (χ2v) is 4.92. The maximum atomic E-state index is 12.2. The fourth-order valence-corrected chi connectivity index (χ4v) is 2.27. The third-order valence-corrected chi connectivity index (χ3v) is 3.47. The van der Waals surface area contributed by atoms with E-state index in [1.807, 2.05) is 53.2 Å². The quantitative estimate of drug-likeness (QED) is 0.664. The molecule has 0 aliphatic carbocycles. The summed E-state index contributed by atoms with van der Waals surface area (Å²) in [6.45, 7) is 0.666. The van der Waals surface area contributed by atoms with Crippen LogP contribution in [0.5, 0.6) is 0 Å². The van der Waals surface area contributed by atoms with Crippen molar-refractivity contribution in [2.75, 3.05) is 0 Å². The van der Waals surface area contributed by atoms with Crippen LogP contribution in [0.2, 0.25) is 0 Å². The summed E-state index contributed by atoms with van der Waals surface area (Å²) in [5, 5.41) is 0. The first-order chi connectivity index (χ1) is 10.3. The number of rotatable bonds is 5. The van der Waals surface area contributed by atoms with E-state index in [9.17, 15) is 4.79 Å². The average Bonchev–Trinajstić information content (AvgIpc) is 3.07. The second kappa shape index (κ2) is 6.18. The monoisotopic (exact) mass is 276 g/mol. The van der Waals surface area contributed by atoms with E-state index in [1.54, 1.807) is 12.5 Å². The molecule has 0 radical (unpaired) electrons. The molecule has 0 unspecified atom stereocenters. The van der Waals surface area contributed by atoms with Gasteiger partial charge in [-0.3, -0.25) is 4.79 Å². The fraction of sp³-hybridized carbons (Fsp3) is 0.111. The summed E-state index contributed by atoms with van der Waals surface area (Å²) in [6.07, 6.45) is 5.80. The van der Waals surface area contributed by atoms with Gasteiger partial charge in [0.2, 0.25) is 0 Å². The van der Waals surface area contributed by atoms with Gasteiger partial charge in [-0.15, -0.1) is 0 Å². The topological polar surface area (TPSA) is 34.9 Å². The maximum absolute atomic E-state index is 12.2. The highest BCUT2D eigenvalue weighted by Crippen LogP contribution is 2.19. The predicted molar refractivity (Wildman–Crippen MR) is 83.1 cm³/mol. The van der Waals surface area contributed by atoms with Gasteiger partial charge in [0.25, 0.3) is 0 Å². The Balaban J connectivity index is 1.67. The van der Waals surface area contributed by atoms with Crippen molar-refractivity contribution in [2.45, 2.75) is 13.0 Å². The van der Waals surface area contributed by atoms with Crippen molar-refractivity contribution in [3.63, 3.8) is 0 Å². The van der Waals surface area contributed by atoms with E-state index in [-0.39, 0.29) is 5.78 Å². The Morgan fingerprint density at radius 1 is 0.952 bits per heavy atom. The summed E-state index contributed by atoms with van der Waals surface area (Å²) in [6, 6.07) is 18.0. The van der Waals surface area contributed by atoms with E-state index >= 15 is 0 Å². The standard InChI is InChI=1S/C18H16N2O/c21-18(10-12-20-13-11-19-14-20)17-8-6-16(7-9-17)15-4-2-1-3-5-15/h1-9,11,13-14H,10,12H2. The van der Waals surface area contributed by atoms with Gasteiger partial charge in [0.05, 0.1) is 6.33 Å². The van der Waals surface area contributed by atoms with Gasteiger partial charge in [0, 0.05) is 30.9 Å². The van der Waals surface area contributed by atoms with E-state index in [0.29, 0.717) is 13.0 Å². The van der Waals surface area contributed by atoms with Crippen LogP contribution in [0.15, 0.2) is 73.3 Å². The van der Waals surface area contributed by atoms with Gasteiger partial charge in [-0.05, 0) is 11.1 Å². The molecule has 0 saturated heterocycles. The van der Waals surface area contributed by atoms with Crippen molar-refractivity contribution >= 4 is 5.78 Å². The van der Waals surface area contributed by atoms with Crippen LogP contribution < -0.4 is 0 Å². The molecule has 3 aromatic rings. The van der Waals surface area contributed by atoms with Crippen molar-refractivity contribution in [2.24, 2.45) is 0 Å². The van der Waals surface area contributed by atoms with Gasteiger partial charge in [-0.25, -0.2) is 4.98 Å². The average molecular weight is 276 g/mol. The Hall–Kier alpha value is -2.68. The highest BCUT2D eigenvalue weighted by molar-refractivity contribution is 5.96. The lowest BCUT2D eigenvalue weighted by Gasteiger charge is -2.05. The minimum absolute atomic E-state index is 0.156. The third kappa shape index (κ3) is 3.26. The molecule has 0 atom stereocenters. The second-order valence-electron chi connectivity index (χ2n) is 4.92. The highest BCUT2D eigenvalue weighted by Gasteiger charge is 2.06. The Labute approximate surface area is 123 Å². The Kier molecular flexibility index (Phi) is 3.92. The van der Waals surface area contributed by atoms with E-state index in [0.717, 1.165) is 16.7 Å². The molecule has 104 valence electrons. The maximum Gasteiger partial charge on any atom is 0.164 e. The number of nitrogens with zero attached hydrogens (tertiary/aromatic N) is 2. The zero-order chi connectivity index (χ0) is 14.5. The summed E-state index contributed by atoms with van der Waals surface area (Å²) >= 11 is 0. The van der Waals surface area contributed by atoms with Crippen molar-refractivity contribution in [3.05, 3.63) is 78.9 Å². The van der Waals surface area contributed by atoms with Crippen LogP contribution in [0.4, 0.5) is 0 Å². The van der Waals surface area contributed by atoms with Crippen LogP contribution in [0.3, 0.4) is 0 Å². The van der Waals surface area contributed by atoms with Gasteiger partial charge in [0.15, 0.2) is 5.78 Å². The number of hydrogen-bond donors (Lipinski definition) is 0. The minimum atomic E-state index is 0.156. The van der Waals surface area contributed by atoms with Crippen LogP contribution in [-0.4, -0.2) is 15.3 Å². The molecular formula is C18H16N2O. The number of aryl methyl sites for hydroxylation is 1. The van der Waals surface area contributed by atoms with Crippen LogP contribution in [-0.2, 0) is 6.54 Å². The molecular weight excluding hydrogens is 260 g/mol. The molecule has 2 aromatic carbocycles. The summed E-state index contributed by atoms with van der Waals surface area (Å²) in [7, 11) is 0. The van der Waals surface area contributed by atoms with Crippen LogP contribution >= 0.6 is 0 Å². The number of ketones is 1. The van der Waals surface area contributed by atoms with Gasteiger partial charge < -0.3 is 4.57 Å². The Morgan fingerprint density at radius 3 is 2.33 bits per heavy atom. The van der Waals surface area contributed by atoms with Gasteiger partial charge in [-0.2, -0.15) is 0 Å². The third-order valence-electron chi connectivity index (χ3n) is 3.47. The molecule has 0 saturated carbocycles. The molecule has 0 amide bonds. The molecule has 3 heteroatoms. The first kappa shape index (κ1) is 13.3. The summed E-state index contributed by atoms with van der Waals surface area (Å²) in [4.78, 5) is 16.1. The van der Waals surface area contributed by atoms with Gasteiger partial charge in [0.1, 0.15) is 0 Å². The molecule has 0 fully saturated rings. The predicted octanol–water partition coefficient (Wildman–Crippen LogP) is 3.82. The minimum Gasteiger partial charge on any atom is -0.337 e. The number of carbonyl (C=O) groups excluding carboxylic acids is 1. The van der Waals surface area contributed by atoms with Crippen LogP contribution in [0.1, 0.15) is 16.8 Å². The molecule has 1 aromatic heterocycles. The van der Waals surface area contributed by atoms with Crippen molar-refractivity contribution in [1.82, 2.24) is 9.55 Å². The van der Waals surface area contributed by atoms with Crippen LogP contribution in [0, 0.1) is 0 Å². The summed E-state index contributed by atoms with van der Waals surface area (Å²) in [5.74, 6) is 0.156. The molecule has 0 N–H and O–H groups in total. The first-order valence-corrected chi connectivity index (χ1v) is 6.97. The zero-order valence-corrected chi connectivity index (χ0v) is 11.6. The molecule has 3 nitrogen and oxygen atoms in total. The first-order valence-electron chi connectivity index (χ1n) is 6.97. The summed E-state index contributed by atoms with van der Waals surface area (Å²) < 4.78 is 1.91. The lowest BCUT2D eigenvalue weighted by Crippen LogP contribution is -2.04. The molecule has 0 bridgehead atoms. The van der Waals surface area contributed by atoms with E-state index in [4.69, 9.17) is 0 Å². The molecule has 0 aliphatic rings. The van der Waals surface area contributed by atoms with E-state index in [2.05, 4.69) is 17.1 Å². The van der Waals surface area contributed by atoms with Crippen molar-refractivity contribution in [3.8, 4) is 11.1 Å². The number of carbonyl (C=O) groups is 1. The van der Waals surface area contributed by atoms with E-state index < -0.39 is 0 Å². The number of benzene rings is 2. The number of Topliss-reactive ketones (excluding diaryl/α,β-unsaturated/α-hetero) is 1. The lowest BCUT2D eigenvalue weighted by molar-refractivity contribution is 0.0977. The molecule has 0 aliphatic heterocycles.